The van der Waals surface area contributed by atoms with Crippen LogP contribution in [-0.4, -0.2) is 74.9 Å². The van der Waals surface area contributed by atoms with Gasteiger partial charge in [0.25, 0.3) is 0 Å². The smallest absolute Gasteiger partial charge is 0.331 e. The predicted molar refractivity (Wildman–Crippen MR) is 119 cm³/mol. The monoisotopic (exact) mass is 478 g/mol. The van der Waals surface area contributed by atoms with E-state index >= 15 is 0 Å². The van der Waals surface area contributed by atoms with E-state index in [9.17, 15) is 25.2 Å². The number of carbonyl (C=O) groups excluding carboxylic acids is 1. The molecule has 4 saturated carbocycles. The summed E-state index contributed by atoms with van der Waals surface area (Å²) in [6.45, 7) is 6.19. The van der Waals surface area contributed by atoms with Gasteiger partial charge in [0.2, 0.25) is 0 Å². The summed E-state index contributed by atoms with van der Waals surface area (Å²) < 4.78 is 17.7. The fourth-order valence-corrected chi connectivity index (χ4v) is 9.45. The zero-order valence-electron chi connectivity index (χ0n) is 20.3. The molecule has 1 saturated heterocycles. The van der Waals surface area contributed by atoms with E-state index < -0.39 is 52.0 Å². The summed E-state index contributed by atoms with van der Waals surface area (Å²) in [4.78, 5) is 11.8. The van der Waals surface area contributed by atoms with E-state index in [0.717, 1.165) is 12.0 Å². The van der Waals surface area contributed by atoms with E-state index in [1.54, 1.807) is 6.08 Å². The van der Waals surface area contributed by atoms with Gasteiger partial charge in [0.05, 0.1) is 41.5 Å². The molecule has 0 bridgehead atoms. The van der Waals surface area contributed by atoms with Crippen LogP contribution < -0.4 is 0 Å². The molecule has 1 spiro atoms. The van der Waals surface area contributed by atoms with Crippen LogP contribution in [0, 0.1) is 28.6 Å². The van der Waals surface area contributed by atoms with Crippen molar-refractivity contribution in [2.45, 2.75) is 101 Å². The second-order valence-corrected chi connectivity index (χ2v) is 12.7. The molecule has 0 aromatic rings. The zero-order valence-corrected chi connectivity index (χ0v) is 20.3. The van der Waals surface area contributed by atoms with Gasteiger partial charge in [-0.1, -0.05) is 6.92 Å². The molecule has 2 heterocycles. The molecule has 4 N–H and O–H groups in total. The maximum atomic E-state index is 12.4. The van der Waals surface area contributed by atoms with Gasteiger partial charge in [-0.05, 0) is 63.4 Å². The molecule has 190 valence electrons. The molecule has 0 aromatic carbocycles. The number of rotatable bonds is 1. The van der Waals surface area contributed by atoms with Gasteiger partial charge in [0.15, 0.2) is 5.79 Å². The fourth-order valence-electron chi connectivity index (χ4n) is 9.45. The van der Waals surface area contributed by atoms with Crippen LogP contribution in [0.25, 0.3) is 0 Å². The summed E-state index contributed by atoms with van der Waals surface area (Å²) in [5, 5.41) is 46.9. The van der Waals surface area contributed by atoms with Crippen LogP contribution in [0.15, 0.2) is 11.6 Å². The van der Waals surface area contributed by atoms with Crippen molar-refractivity contribution in [3.05, 3.63) is 11.6 Å². The Bertz CT molecular complexity index is 932. The Morgan fingerprint density at radius 3 is 2.53 bits per heavy atom. The predicted octanol–water partition coefficient (Wildman–Crippen LogP) is 1.43. The van der Waals surface area contributed by atoms with Crippen molar-refractivity contribution in [3.8, 4) is 0 Å². The van der Waals surface area contributed by atoms with E-state index in [-0.39, 0.29) is 37.4 Å². The summed E-state index contributed by atoms with van der Waals surface area (Å²) in [5.74, 6) is -1.91. The maximum Gasteiger partial charge on any atom is 0.331 e. The summed E-state index contributed by atoms with van der Waals surface area (Å²) in [6, 6.07) is 0. The van der Waals surface area contributed by atoms with Crippen LogP contribution in [0.3, 0.4) is 0 Å². The molecule has 0 unspecified atom stereocenters. The zero-order chi connectivity index (χ0) is 24.3. The van der Waals surface area contributed by atoms with Gasteiger partial charge in [0.1, 0.15) is 6.61 Å². The highest BCUT2D eigenvalue weighted by atomic mass is 16.7. The summed E-state index contributed by atoms with van der Waals surface area (Å²) in [5.41, 5.74) is -2.92. The summed E-state index contributed by atoms with van der Waals surface area (Å²) in [7, 11) is 0. The molecule has 5 fully saturated rings. The SMILES string of the molecule is CC1(C)OC[C@@]23[C@H]4[C@H](O)C[C@]5(C)[C@@H](C6=CC(=O)OC6)CC[C@@]5(O)[C@@H]4CC[C@@]2(O)C[C@@H](O)C[C@@H]3O1. The topological polar surface area (TPSA) is 126 Å². The number of aliphatic hydroxyl groups is 4. The Morgan fingerprint density at radius 1 is 1.06 bits per heavy atom. The van der Waals surface area contributed by atoms with Gasteiger partial charge < -0.3 is 34.6 Å². The van der Waals surface area contributed by atoms with E-state index in [0.29, 0.717) is 32.1 Å². The van der Waals surface area contributed by atoms with Crippen molar-refractivity contribution in [1.82, 2.24) is 0 Å². The van der Waals surface area contributed by atoms with Gasteiger partial charge >= 0.3 is 5.97 Å². The minimum Gasteiger partial charge on any atom is -0.458 e. The summed E-state index contributed by atoms with van der Waals surface area (Å²) >= 11 is 0. The Morgan fingerprint density at radius 2 is 1.82 bits per heavy atom. The third-order valence-electron chi connectivity index (χ3n) is 10.8. The largest absolute Gasteiger partial charge is 0.458 e. The third kappa shape index (κ3) is 2.78. The average molecular weight is 479 g/mol. The van der Waals surface area contributed by atoms with E-state index in [1.165, 1.54) is 0 Å². The number of cyclic esters (lactones) is 1. The second kappa shape index (κ2) is 7.05. The van der Waals surface area contributed by atoms with Crippen molar-refractivity contribution >= 4 is 5.97 Å². The molecule has 0 amide bonds. The lowest BCUT2D eigenvalue weighted by atomic mass is 9.40. The van der Waals surface area contributed by atoms with Crippen LogP contribution in [0.4, 0.5) is 0 Å². The maximum absolute atomic E-state index is 12.4. The molecule has 0 aromatic heterocycles. The van der Waals surface area contributed by atoms with Crippen molar-refractivity contribution in [2.75, 3.05) is 13.2 Å². The van der Waals surface area contributed by atoms with Crippen LogP contribution in [0.5, 0.6) is 0 Å². The lowest BCUT2D eigenvalue weighted by Crippen LogP contribution is -2.78. The highest BCUT2D eigenvalue weighted by molar-refractivity contribution is 5.85. The van der Waals surface area contributed by atoms with Crippen LogP contribution in [-0.2, 0) is 19.0 Å². The molecule has 8 heteroatoms. The molecular formula is C26H38O8. The third-order valence-corrected chi connectivity index (χ3v) is 10.8. The Hall–Kier alpha value is -1.03. The van der Waals surface area contributed by atoms with Crippen molar-refractivity contribution in [3.63, 3.8) is 0 Å². The molecule has 0 radical (unpaired) electrons. The highest BCUT2D eigenvalue weighted by Gasteiger charge is 2.76. The lowest BCUT2D eigenvalue weighted by molar-refractivity contribution is -0.401. The Balaban J connectivity index is 1.43. The number of fused-ring (bicyclic) bond motifs is 3. The number of aliphatic hydroxyl groups excluding tert-OH is 2. The normalized spacial score (nSPS) is 56.0. The van der Waals surface area contributed by atoms with Crippen LogP contribution in [0.1, 0.15) is 65.7 Å². The van der Waals surface area contributed by atoms with Crippen molar-refractivity contribution in [2.24, 2.45) is 28.6 Å². The number of ether oxygens (including phenoxy) is 3. The first-order chi connectivity index (χ1) is 15.9. The van der Waals surface area contributed by atoms with Gasteiger partial charge in [-0.3, -0.25) is 0 Å². The van der Waals surface area contributed by atoms with E-state index in [4.69, 9.17) is 14.2 Å². The molecular weight excluding hydrogens is 440 g/mol. The number of esters is 1. The molecule has 6 aliphatic rings. The molecule has 4 aliphatic carbocycles. The molecule has 8 nitrogen and oxygen atoms in total. The number of carbonyl (C=O) groups is 1. The molecule has 34 heavy (non-hydrogen) atoms. The number of hydrogen-bond donors (Lipinski definition) is 4. The molecule has 2 aliphatic heterocycles. The first kappa shape index (κ1) is 23.4. The quantitative estimate of drug-likeness (QED) is 0.417. The molecule has 6 rings (SSSR count). The first-order valence-corrected chi connectivity index (χ1v) is 12.9. The first-order valence-electron chi connectivity index (χ1n) is 12.9. The van der Waals surface area contributed by atoms with E-state index in [1.807, 2.05) is 20.8 Å². The van der Waals surface area contributed by atoms with Gasteiger partial charge in [-0.25, -0.2) is 4.79 Å². The van der Waals surface area contributed by atoms with Crippen molar-refractivity contribution in [1.29, 1.82) is 0 Å². The van der Waals surface area contributed by atoms with Gasteiger partial charge in [0, 0.05) is 30.3 Å². The van der Waals surface area contributed by atoms with E-state index in [2.05, 4.69) is 0 Å². The fraction of sp³-hybridized carbons (Fsp3) is 0.885. The minimum absolute atomic E-state index is 0.0420. The minimum atomic E-state index is -1.25. The average Bonchev–Trinajstić information content (AvgIpc) is 3.26. The lowest BCUT2D eigenvalue weighted by Gasteiger charge is -2.70. The molecule has 10 atom stereocenters. The van der Waals surface area contributed by atoms with Gasteiger partial charge in [-0.2, -0.15) is 0 Å². The van der Waals surface area contributed by atoms with Gasteiger partial charge in [-0.15, -0.1) is 0 Å². The Kier molecular flexibility index (Phi) is 4.84. The summed E-state index contributed by atoms with van der Waals surface area (Å²) in [6.07, 6.45) is 2.81. The number of hydrogen-bond acceptors (Lipinski definition) is 8. The Labute approximate surface area is 200 Å². The standard InChI is InChI=1S/C26H38O8/c1-22(2)33-13-25-19(34-22)9-15(27)10-24(25,30)6-4-17-21(25)18(28)11-23(3)16(5-7-26(17,23)31)14-8-20(29)32-12-14/h8,15-19,21,27-28,30-31H,4-7,9-13H2,1-3H3/t15-,16+,17+,18+,19-,21+,23+,24+,25+,26+/m0/s1. The van der Waals surface area contributed by atoms with Crippen LogP contribution in [0.2, 0.25) is 0 Å². The second-order valence-electron chi connectivity index (χ2n) is 12.7. The highest BCUT2D eigenvalue weighted by Crippen LogP contribution is 2.71. The van der Waals surface area contributed by atoms with Crippen molar-refractivity contribution < 1.29 is 39.4 Å². The van der Waals surface area contributed by atoms with Crippen LogP contribution >= 0.6 is 0 Å².